The smallest absolute Gasteiger partial charge is 0.317 e. The first-order chi connectivity index (χ1) is 5.20. The standard InChI is InChI=1S/C7H16N2O2/c1-3-9(5-4-8-2)6-7(10)11/h8H,3-6H2,1-2H3,(H,10,11). The molecule has 0 unspecified atom stereocenters. The Hall–Kier alpha value is -0.610. The van der Waals surface area contributed by atoms with E-state index in [2.05, 4.69) is 5.32 Å². The van der Waals surface area contributed by atoms with E-state index >= 15 is 0 Å². The molecule has 0 amide bonds. The zero-order valence-electron chi connectivity index (χ0n) is 7.13. The van der Waals surface area contributed by atoms with Crippen molar-refractivity contribution in [1.29, 1.82) is 0 Å². The van der Waals surface area contributed by atoms with Gasteiger partial charge in [0.05, 0.1) is 6.54 Å². The summed E-state index contributed by atoms with van der Waals surface area (Å²) in [6.07, 6.45) is 0. The minimum Gasteiger partial charge on any atom is -0.480 e. The van der Waals surface area contributed by atoms with Gasteiger partial charge in [0.15, 0.2) is 0 Å². The van der Waals surface area contributed by atoms with Gasteiger partial charge in [-0.05, 0) is 13.6 Å². The fraction of sp³-hybridized carbons (Fsp3) is 0.857. The molecule has 0 fully saturated rings. The molecule has 0 aliphatic heterocycles. The highest BCUT2D eigenvalue weighted by molar-refractivity contribution is 5.69. The Balaban J connectivity index is 3.49. The summed E-state index contributed by atoms with van der Waals surface area (Å²) in [5.41, 5.74) is 0. The molecule has 0 spiro atoms. The van der Waals surface area contributed by atoms with Gasteiger partial charge in [-0.3, -0.25) is 9.69 Å². The number of rotatable bonds is 6. The minimum absolute atomic E-state index is 0.137. The Morgan fingerprint density at radius 3 is 2.64 bits per heavy atom. The molecule has 4 nitrogen and oxygen atoms in total. The van der Waals surface area contributed by atoms with Gasteiger partial charge >= 0.3 is 5.97 Å². The molecule has 0 heterocycles. The summed E-state index contributed by atoms with van der Waals surface area (Å²) in [4.78, 5) is 12.1. The van der Waals surface area contributed by atoms with Gasteiger partial charge in [0.2, 0.25) is 0 Å². The lowest BCUT2D eigenvalue weighted by molar-refractivity contribution is -0.138. The average molecular weight is 160 g/mol. The van der Waals surface area contributed by atoms with E-state index in [1.165, 1.54) is 0 Å². The molecule has 0 aliphatic rings. The van der Waals surface area contributed by atoms with E-state index in [1.54, 1.807) is 0 Å². The first kappa shape index (κ1) is 10.4. The molecule has 0 aromatic heterocycles. The Morgan fingerprint density at radius 1 is 1.64 bits per heavy atom. The van der Waals surface area contributed by atoms with Crippen LogP contribution in [-0.2, 0) is 4.79 Å². The van der Waals surface area contributed by atoms with Crippen LogP contribution in [-0.4, -0.2) is 49.2 Å². The van der Waals surface area contributed by atoms with Crippen LogP contribution in [0.25, 0.3) is 0 Å². The number of carboxylic acid groups (broad SMARTS) is 1. The zero-order valence-corrected chi connectivity index (χ0v) is 7.13. The highest BCUT2D eigenvalue weighted by atomic mass is 16.4. The maximum absolute atomic E-state index is 10.3. The predicted molar refractivity (Wildman–Crippen MR) is 43.7 cm³/mol. The second kappa shape index (κ2) is 6.12. The number of hydrogen-bond acceptors (Lipinski definition) is 3. The molecule has 0 aliphatic carbocycles. The summed E-state index contributed by atoms with van der Waals surface area (Å²) >= 11 is 0. The van der Waals surface area contributed by atoms with Crippen LogP contribution < -0.4 is 5.32 Å². The van der Waals surface area contributed by atoms with Crippen molar-refractivity contribution in [2.75, 3.05) is 33.2 Å². The Morgan fingerprint density at radius 2 is 2.27 bits per heavy atom. The van der Waals surface area contributed by atoms with Crippen molar-refractivity contribution >= 4 is 5.97 Å². The number of aliphatic carboxylic acids is 1. The highest BCUT2D eigenvalue weighted by Gasteiger charge is 2.05. The number of carboxylic acids is 1. The van der Waals surface area contributed by atoms with Crippen molar-refractivity contribution in [3.05, 3.63) is 0 Å². The summed E-state index contributed by atoms with van der Waals surface area (Å²) in [6, 6.07) is 0. The molecule has 11 heavy (non-hydrogen) atoms. The average Bonchev–Trinajstić information content (AvgIpc) is 1.97. The highest BCUT2D eigenvalue weighted by Crippen LogP contribution is 1.84. The number of hydrogen-bond donors (Lipinski definition) is 2. The van der Waals surface area contributed by atoms with E-state index in [1.807, 2.05) is 18.9 Å². The van der Waals surface area contributed by atoms with Gasteiger partial charge in [0.25, 0.3) is 0 Å². The Labute approximate surface area is 67.2 Å². The largest absolute Gasteiger partial charge is 0.480 e. The fourth-order valence-corrected chi connectivity index (χ4v) is 0.810. The van der Waals surface area contributed by atoms with Crippen LogP contribution in [0.4, 0.5) is 0 Å². The summed E-state index contributed by atoms with van der Waals surface area (Å²) in [5, 5.41) is 11.4. The molecule has 4 heteroatoms. The van der Waals surface area contributed by atoms with Gasteiger partial charge in [-0.1, -0.05) is 6.92 Å². The molecule has 0 aromatic carbocycles. The lowest BCUT2D eigenvalue weighted by atomic mass is 10.4. The minimum atomic E-state index is -0.761. The molecule has 66 valence electrons. The SMILES string of the molecule is CCN(CCNC)CC(=O)O. The van der Waals surface area contributed by atoms with E-state index in [0.29, 0.717) is 0 Å². The third kappa shape index (κ3) is 5.82. The third-order valence-electron chi connectivity index (χ3n) is 1.48. The summed E-state index contributed by atoms with van der Waals surface area (Å²) in [7, 11) is 1.86. The van der Waals surface area contributed by atoms with Crippen molar-refractivity contribution < 1.29 is 9.90 Å². The molecular weight excluding hydrogens is 144 g/mol. The van der Waals surface area contributed by atoms with Gasteiger partial charge in [0, 0.05) is 13.1 Å². The topological polar surface area (TPSA) is 52.6 Å². The summed E-state index contributed by atoms with van der Waals surface area (Å²) in [5.74, 6) is -0.761. The van der Waals surface area contributed by atoms with E-state index in [0.717, 1.165) is 19.6 Å². The van der Waals surface area contributed by atoms with Crippen molar-refractivity contribution in [3.8, 4) is 0 Å². The van der Waals surface area contributed by atoms with E-state index < -0.39 is 5.97 Å². The Bertz CT molecular complexity index is 117. The molecular formula is C7H16N2O2. The van der Waals surface area contributed by atoms with Gasteiger partial charge in [0.1, 0.15) is 0 Å². The third-order valence-corrected chi connectivity index (χ3v) is 1.48. The van der Waals surface area contributed by atoms with Crippen LogP contribution in [0, 0.1) is 0 Å². The molecule has 0 radical (unpaired) electrons. The van der Waals surface area contributed by atoms with Crippen LogP contribution in [0.1, 0.15) is 6.92 Å². The normalized spacial score (nSPS) is 10.5. The second-order valence-corrected chi connectivity index (χ2v) is 2.37. The molecule has 0 bridgehead atoms. The van der Waals surface area contributed by atoms with Crippen molar-refractivity contribution in [3.63, 3.8) is 0 Å². The number of likely N-dealkylation sites (N-methyl/N-ethyl adjacent to an activating group) is 2. The summed E-state index contributed by atoms with van der Waals surface area (Å²) in [6.45, 7) is 4.51. The molecule has 0 atom stereocenters. The van der Waals surface area contributed by atoms with E-state index in [9.17, 15) is 4.79 Å². The van der Waals surface area contributed by atoms with Gasteiger partial charge in [-0.2, -0.15) is 0 Å². The van der Waals surface area contributed by atoms with Gasteiger partial charge < -0.3 is 10.4 Å². The number of nitrogens with zero attached hydrogens (tertiary/aromatic N) is 1. The van der Waals surface area contributed by atoms with Crippen molar-refractivity contribution in [2.45, 2.75) is 6.92 Å². The lowest BCUT2D eigenvalue weighted by Gasteiger charge is -2.16. The first-order valence-electron chi connectivity index (χ1n) is 3.79. The Kier molecular flexibility index (Phi) is 5.78. The van der Waals surface area contributed by atoms with E-state index in [-0.39, 0.29) is 6.54 Å². The summed E-state index contributed by atoms with van der Waals surface area (Å²) < 4.78 is 0. The molecule has 0 saturated carbocycles. The van der Waals surface area contributed by atoms with Crippen LogP contribution in [0.3, 0.4) is 0 Å². The monoisotopic (exact) mass is 160 g/mol. The predicted octanol–water partition coefficient (Wildman–Crippen LogP) is -0.388. The number of nitrogens with one attached hydrogen (secondary N) is 1. The number of carbonyl (C=O) groups is 1. The lowest BCUT2D eigenvalue weighted by Crippen LogP contribution is -2.34. The molecule has 0 rings (SSSR count). The van der Waals surface area contributed by atoms with Crippen molar-refractivity contribution in [1.82, 2.24) is 10.2 Å². The second-order valence-electron chi connectivity index (χ2n) is 2.37. The van der Waals surface area contributed by atoms with Crippen LogP contribution in [0.5, 0.6) is 0 Å². The quantitative estimate of drug-likeness (QED) is 0.556. The van der Waals surface area contributed by atoms with Crippen LogP contribution in [0.2, 0.25) is 0 Å². The van der Waals surface area contributed by atoms with Crippen LogP contribution >= 0.6 is 0 Å². The maximum atomic E-state index is 10.3. The van der Waals surface area contributed by atoms with Crippen molar-refractivity contribution in [2.24, 2.45) is 0 Å². The molecule has 2 N–H and O–H groups in total. The maximum Gasteiger partial charge on any atom is 0.317 e. The fourth-order valence-electron chi connectivity index (χ4n) is 0.810. The molecule has 0 aromatic rings. The van der Waals surface area contributed by atoms with Crippen LogP contribution in [0.15, 0.2) is 0 Å². The van der Waals surface area contributed by atoms with E-state index in [4.69, 9.17) is 5.11 Å². The first-order valence-corrected chi connectivity index (χ1v) is 3.79. The zero-order chi connectivity index (χ0) is 8.69. The molecule has 0 saturated heterocycles. The van der Waals surface area contributed by atoms with Gasteiger partial charge in [-0.15, -0.1) is 0 Å². The van der Waals surface area contributed by atoms with Gasteiger partial charge in [-0.25, -0.2) is 0 Å².